The number of carbonyl (C=O) groups excluding carboxylic acids is 1. The third kappa shape index (κ3) is 3.16. The molecule has 0 heterocycles. The lowest BCUT2D eigenvalue weighted by atomic mass is 10.1. The summed E-state index contributed by atoms with van der Waals surface area (Å²) < 4.78 is 5.06. The molecule has 0 aromatic heterocycles. The first-order chi connectivity index (χ1) is 8.70. The van der Waals surface area contributed by atoms with Crippen LogP contribution in [-0.2, 0) is 0 Å². The summed E-state index contributed by atoms with van der Waals surface area (Å²) in [7, 11) is 1.61. The molecule has 0 aliphatic heterocycles. The van der Waals surface area contributed by atoms with Crippen molar-refractivity contribution in [1.82, 2.24) is 5.32 Å². The molecule has 1 amide bonds. The topological polar surface area (TPSA) is 38.3 Å². The fourth-order valence-corrected chi connectivity index (χ4v) is 2.66. The summed E-state index contributed by atoms with van der Waals surface area (Å²) in [5.74, 6) is 1.12. The van der Waals surface area contributed by atoms with Crippen molar-refractivity contribution >= 4 is 17.5 Å². The van der Waals surface area contributed by atoms with E-state index in [1.165, 1.54) is 0 Å². The summed E-state index contributed by atoms with van der Waals surface area (Å²) in [5.41, 5.74) is 0.653. The Bertz CT molecular complexity index is 405. The van der Waals surface area contributed by atoms with E-state index in [4.69, 9.17) is 16.3 Å². The molecule has 4 heteroatoms. The normalized spacial score (nSPS) is 22.8. The summed E-state index contributed by atoms with van der Waals surface area (Å²) in [5, 5.41) is 3.15. The maximum absolute atomic E-state index is 11.9. The second-order valence-electron chi connectivity index (χ2n) is 4.65. The van der Waals surface area contributed by atoms with E-state index in [9.17, 15) is 4.79 Å². The summed E-state index contributed by atoms with van der Waals surface area (Å²) in [6, 6.07) is 7.10. The summed E-state index contributed by atoms with van der Waals surface area (Å²) in [6.45, 7) is 0.666. The Balaban J connectivity index is 1.87. The van der Waals surface area contributed by atoms with Gasteiger partial charge in [0.15, 0.2) is 0 Å². The van der Waals surface area contributed by atoms with E-state index in [1.54, 1.807) is 31.4 Å². The van der Waals surface area contributed by atoms with Crippen molar-refractivity contribution in [3.63, 3.8) is 0 Å². The second kappa shape index (κ2) is 6.10. The molecule has 1 N–H and O–H groups in total. The summed E-state index contributed by atoms with van der Waals surface area (Å²) in [4.78, 5) is 11.9. The van der Waals surface area contributed by atoms with Gasteiger partial charge in [-0.2, -0.15) is 0 Å². The number of carbonyl (C=O) groups is 1. The highest BCUT2D eigenvalue weighted by Gasteiger charge is 2.25. The van der Waals surface area contributed by atoms with Crippen LogP contribution in [0.3, 0.4) is 0 Å². The molecule has 98 valence electrons. The highest BCUT2D eigenvalue weighted by atomic mass is 35.5. The van der Waals surface area contributed by atoms with Crippen LogP contribution in [0.25, 0.3) is 0 Å². The van der Waals surface area contributed by atoms with Crippen LogP contribution in [0.4, 0.5) is 0 Å². The number of halogens is 1. The third-order valence-electron chi connectivity index (χ3n) is 3.44. The molecule has 1 saturated carbocycles. The summed E-state index contributed by atoms with van der Waals surface area (Å²) in [6.07, 6.45) is 3.33. The largest absolute Gasteiger partial charge is 0.497 e. The van der Waals surface area contributed by atoms with Gasteiger partial charge in [0.1, 0.15) is 5.75 Å². The smallest absolute Gasteiger partial charge is 0.251 e. The average molecular weight is 268 g/mol. The number of methoxy groups -OCH3 is 1. The number of rotatable bonds is 4. The Kier molecular flexibility index (Phi) is 4.48. The Morgan fingerprint density at radius 2 is 2.11 bits per heavy atom. The van der Waals surface area contributed by atoms with Crippen LogP contribution in [0.1, 0.15) is 29.6 Å². The van der Waals surface area contributed by atoms with Gasteiger partial charge in [0.25, 0.3) is 5.91 Å². The first-order valence-electron chi connectivity index (χ1n) is 6.27. The molecule has 2 atom stereocenters. The maximum Gasteiger partial charge on any atom is 0.251 e. The zero-order valence-electron chi connectivity index (χ0n) is 10.5. The molecular formula is C14H18ClNO2. The van der Waals surface area contributed by atoms with Crippen molar-refractivity contribution in [3.05, 3.63) is 29.8 Å². The van der Waals surface area contributed by atoms with Gasteiger partial charge in [0.2, 0.25) is 0 Å². The maximum atomic E-state index is 11.9. The van der Waals surface area contributed by atoms with Crippen LogP contribution in [0.2, 0.25) is 0 Å². The number of hydrogen-bond acceptors (Lipinski definition) is 2. The molecule has 2 rings (SSSR count). The van der Waals surface area contributed by atoms with Crippen LogP contribution in [-0.4, -0.2) is 24.9 Å². The Morgan fingerprint density at radius 1 is 1.39 bits per heavy atom. The Morgan fingerprint density at radius 3 is 2.67 bits per heavy atom. The molecule has 2 unspecified atom stereocenters. The Labute approximate surface area is 112 Å². The quantitative estimate of drug-likeness (QED) is 0.852. The van der Waals surface area contributed by atoms with Crippen LogP contribution in [0, 0.1) is 5.92 Å². The Hall–Kier alpha value is -1.22. The van der Waals surface area contributed by atoms with Crippen LogP contribution >= 0.6 is 11.6 Å². The molecule has 1 aromatic rings. The van der Waals surface area contributed by atoms with Gasteiger partial charge in [0, 0.05) is 17.5 Å². The molecule has 1 aliphatic carbocycles. The van der Waals surface area contributed by atoms with Crippen molar-refractivity contribution < 1.29 is 9.53 Å². The van der Waals surface area contributed by atoms with Gasteiger partial charge in [0.05, 0.1) is 7.11 Å². The van der Waals surface area contributed by atoms with E-state index in [0.29, 0.717) is 18.0 Å². The van der Waals surface area contributed by atoms with Crippen molar-refractivity contribution in [2.45, 2.75) is 24.6 Å². The molecule has 1 fully saturated rings. The number of benzene rings is 1. The van der Waals surface area contributed by atoms with E-state index in [1.807, 2.05) is 0 Å². The number of nitrogens with one attached hydrogen (secondary N) is 1. The highest BCUT2D eigenvalue weighted by Crippen LogP contribution is 2.29. The first kappa shape index (κ1) is 13.2. The molecule has 0 saturated heterocycles. The lowest BCUT2D eigenvalue weighted by Crippen LogP contribution is -2.31. The predicted molar refractivity (Wildman–Crippen MR) is 72.3 cm³/mol. The molecule has 0 radical (unpaired) electrons. The van der Waals surface area contributed by atoms with E-state index in [-0.39, 0.29) is 11.3 Å². The van der Waals surface area contributed by atoms with Gasteiger partial charge < -0.3 is 10.1 Å². The minimum atomic E-state index is -0.0478. The fourth-order valence-electron chi connectivity index (χ4n) is 2.29. The molecule has 18 heavy (non-hydrogen) atoms. The van der Waals surface area contributed by atoms with Gasteiger partial charge in [-0.3, -0.25) is 4.79 Å². The number of alkyl halides is 1. The van der Waals surface area contributed by atoms with Crippen molar-refractivity contribution in [2.24, 2.45) is 5.92 Å². The molecule has 3 nitrogen and oxygen atoms in total. The first-order valence-corrected chi connectivity index (χ1v) is 6.70. The molecular weight excluding hydrogens is 250 g/mol. The lowest BCUT2D eigenvalue weighted by molar-refractivity contribution is 0.0947. The van der Waals surface area contributed by atoms with Gasteiger partial charge >= 0.3 is 0 Å². The van der Waals surface area contributed by atoms with Crippen molar-refractivity contribution in [2.75, 3.05) is 13.7 Å². The number of amides is 1. The summed E-state index contributed by atoms with van der Waals surface area (Å²) >= 11 is 6.18. The van der Waals surface area contributed by atoms with E-state index in [0.717, 1.165) is 25.0 Å². The standard InChI is InChI=1S/C14H18ClNO2/c1-18-12-7-5-10(6-8-12)14(17)16-9-11-3-2-4-13(11)15/h5-8,11,13H,2-4,9H2,1H3,(H,16,17). The van der Waals surface area contributed by atoms with E-state index in [2.05, 4.69) is 5.32 Å². The predicted octanol–water partition coefficient (Wildman–Crippen LogP) is 2.83. The minimum Gasteiger partial charge on any atom is -0.497 e. The van der Waals surface area contributed by atoms with Crippen molar-refractivity contribution in [1.29, 1.82) is 0 Å². The fraction of sp³-hybridized carbons (Fsp3) is 0.500. The van der Waals surface area contributed by atoms with E-state index < -0.39 is 0 Å². The number of hydrogen-bond donors (Lipinski definition) is 1. The highest BCUT2D eigenvalue weighted by molar-refractivity contribution is 6.21. The SMILES string of the molecule is COc1ccc(C(=O)NCC2CCCC2Cl)cc1. The second-order valence-corrected chi connectivity index (χ2v) is 5.21. The van der Waals surface area contributed by atoms with Gasteiger partial charge in [-0.15, -0.1) is 11.6 Å². The van der Waals surface area contributed by atoms with Gasteiger partial charge in [-0.1, -0.05) is 6.42 Å². The van der Waals surface area contributed by atoms with Crippen LogP contribution in [0.5, 0.6) is 5.75 Å². The number of ether oxygens (including phenoxy) is 1. The average Bonchev–Trinajstić information content (AvgIpc) is 2.81. The third-order valence-corrected chi connectivity index (χ3v) is 4.02. The molecule has 1 aliphatic rings. The monoisotopic (exact) mass is 267 g/mol. The van der Waals surface area contributed by atoms with E-state index >= 15 is 0 Å². The van der Waals surface area contributed by atoms with Crippen LogP contribution < -0.4 is 10.1 Å². The molecule has 0 spiro atoms. The molecule has 0 bridgehead atoms. The van der Waals surface area contributed by atoms with Crippen molar-refractivity contribution in [3.8, 4) is 5.75 Å². The minimum absolute atomic E-state index is 0.0478. The van der Waals surface area contributed by atoms with Gasteiger partial charge in [-0.25, -0.2) is 0 Å². The zero-order valence-corrected chi connectivity index (χ0v) is 11.2. The van der Waals surface area contributed by atoms with Crippen LogP contribution in [0.15, 0.2) is 24.3 Å². The van der Waals surface area contributed by atoms with Gasteiger partial charge in [-0.05, 0) is 43.0 Å². The molecule has 1 aromatic carbocycles. The lowest BCUT2D eigenvalue weighted by Gasteiger charge is -2.14. The zero-order chi connectivity index (χ0) is 13.0.